The van der Waals surface area contributed by atoms with Gasteiger partial charge in [0.15, 0.2) is 0 Å². The number of hydrogen-bond acceptors (Lipinski definition) is 5. The largest absolute Gasteiger partial charge is 0.329 e. The summed E-state index contributed by atoms with van der Waals surface area (Å²) in [5.74, 6) is 0. The number of carbonyl (C=O) groups excluding carboxylic acids is 1. The van der Waals surface area contributed by atoms with Crippen molar-refractivity contribution in [2.45, 2.75) is 19.9 Å². The second-order valence-electron chi connectivity index (χ2n) is 4.45. The van der Waals surface area contributed by atoms with Crippen molar-refractivity contribution < 1.29 is 9.72 Å². The maximum atomic E-state index is 11.9. The van der Waals surface area contributed by atoms with Crippen molar-refractivity contribution in [1.82, 2.24) is 10.3 Å². The van der Waals surface area contributed by atoms with Gasteiger partial charge in [-0.3, -0.25) is 10.1 Å². The molecular formula is C13H14N4O3S. The van der Waals surface area contributed by atoms with E-state index in [-0.39, 0.29) is 17.8 Å². The minimum atomic E-state index is -0.471. The van der Waals surface area contributed by atoms with Crippen LogP contribution in [0.1, 0.15) is 23.5 Å². The van der Waals surface area contributed by atoms with Crippen molar-refractivity contribution in [2.75, 3.05) is 5.32 Å². The second kappa shape index (κ2) is 6.31. The van der Waals surface area contributed by atoms with E-state index < -0.39 is 4.92 Å². The summed E-state index contributed by atoms with van der Waals surface area (Å²) < 4.78 is 0. The van der Waals surface area contributed by atoms with Crippen molar-refractivity contribution in [1.29, 1.82) is 0 Å². The third kappa shape index (κ3) is 3.76. The van der Waals surface area contributed by atoms with Crippen molar-refractivity contribution in [3.8, 4) is 0 Å². The van der Waals surface area contributed by atoms with Gasteiger partial charge < -0.3 is 10.6 Å². The number of aryl methyl sites for hydroxylation is 1. The molecule has 0 aliphatic rings. The fourth-order valence-corrected chi connectivity index (χ4v) is 2.41. The molecule has 2 amide bonds. The summed E-state index contributed by atoms with van der Waals surface area (Å²) in [6.07, 6.45) is 1.68. The van der Waals surface area contributed by atoms with Crippen LogP contribution in [0.3, 0.4) is 0 Å². The maximum Gasteiger partial charge on any atom is 0.319 e. The topological polar surface area (TPSA) is 97.2 Å². The Morgan fingerprint density at radius 3 is 2.81 bits per heavy atom. The van der Waals surface area contributed by atoms with Gasteiger partial charge in [0.1, 0.15) is 5.01 Å². The number of aromatic nitrogens is 1. The number of carbonyl (C=O) groups is 1. The highest BCUT2D eigenvalue weighted by Gasteiger charge is 2.13. The number of thiazole rings is 1. The normalized spacial score (nSPS) is 11.7. The summed E-state index contributed by atoms with van der Waals surface area (Å²) >= 11 is 1.46. The van der Waals surface area contributed by atoms with Crippen LogP contribution in [0.2, 0.25) is 0 Å². The Bertz CT molecular complexity index is 657. The molecule has 0 saturated carbocycles. The third-order valence-electron chi connectivity index (χ3n) is 2.84. The number of nitro groups is 1. The molecule has 1 aromatic carbocycles. The number of anilines is 1. The lowest BCUT2D eigenvalue weighted by atomic mass is 10.2. The van der Waals surface area contributed by atoms with E-state index >= 15 is 0 Å². The second-order valence-corrected chi connectivity index (χ2v) is 5.37. The van der Waals surface area contributed by atoms with Gasteiger partial charge in [-0.2, -0.15) is 0 Å². The van der Waals surface area contributed by atoms with Gasteiger partial charge in [-0.25, -0.2) is 9.78 Å². The van der Waals surface area contributed by atoms with Crippen LogP contribution in [0.25, 0.3) is 0 Å². The molecule has 1 unspecified atom stereocenters. The zero-order valence-electron chi connectivity index (χ0n) is 11.5. The van der Waals surface area contributed by atoms with Gasteiger partial charge in [-0.1, -0.05) is 0 Å². The van der Waals surface area contributed by atoms with Gasteiger partial charge in [-0.15, -0.1) is 11.3 Å². The Labute approximate surface area is 125 Å². The molecule has 0 aliphatic heterocycles. The molecule has 110 valence electrons. The summed E-state index contributed by atoms with van der Waals surface area (Å²) in [5, 5.41) is 18.7. The number of nitrogens with one attached hydrogen (secondary N) is 2. The minimum absolute atomic E-state index is 0.00499. The van der Waals surface area contributed by atoms with E-state index in [0.29, 0.717) is 11.3 Å². The summed E-state index contributed by atoms with van der Waals surface area (Å²) in [7, 11) is 0. The molecule has 0 bridgehead atoms. The molecule has 7 nitrogen and oxygen atoms in total. The van der Waals surface area contributed by atoms with Gasteiger partial charge in [-0.05, 0) is 25.5 Å². The fraction of sp³-hybridized carbons (Fsp3) is 0.231. The van der Waals surface area contributed by atoms with Crippen LogP contribution < -0.4 is 10.6 Å². The first-order chi connectivity index (χ1) is 9.97. The zero-order valence-corrected chi connectivity index (χ0v) is 12.3. The van der Waals surface area contributed by atoms with Crippen molar-refractivity contribution in [2.24, 2.45) is 0 Å². The van der Waals surface area contributed by atoms with Gasteiger partial charge in [0.05, 0.1) is 11.0 Å². The van der Waals surface area contributed by atoms with E-state index in [1.165, 1.54) is 29.5 Å². The number of hydrogen-bond donors (Lipinski definition) is 2. The van der Waals surface area contributed by atoms with E-state index in [0.717, 1.165) is 5.01 Å². The Morgan fingerprint density at radius 2 is 2.24 bits per heavy atom. The number of amides is 2. The van der Waals surface area contributed by atoms with Crippen LogP contribution in [0.5, 0.6) is 0 Å². The Hall–Kier alpha value is -2.48. The molecule has 0 aliphatic carbocycles. The molecule has 2 N–H and O–H groups in total. The number of nitrogens with zero attached hydrogens (tertiary/aromatic N) is 2. The van der Waals surface area contributed by atoms with E-state index in [2.05, 4.69) is 15.6 Å². The van der Waals surface area contributed by atoms with Crippen LogP contribution >= 0.6 is 11.3 Å². The maximum absolute atomic E-state index is 11.9. The summed E-state index contributed by atoms with van der Waals surface area (Å²) in [4.78, 5) is 26.2. The quantitative estimate of drug-likeness (QED) is 0.669. The summed E-state index contributed by atoms with van der Waals surface area (Å²) in [6.45, 7) is 3.54. The van der Waals surface area contributed by atoms with Crippen LogP contribution in [-0.4, -0.2) is 15.9 Å². The smallest absolute Gasteiger partial charge is 0.319 e. The van der Waals surface area contributed by atoms with Crippen LogP contribution in [0, 0.1) is 17.0 Å². The van der Waals surface area contributed by atoms with Crippen molar-refractivity contribution in [3.63, 3.8) is 0 Å². The predicted octanol–water partition coefficient (Wildman–Crippen LogP) is 3.24. The van der Waals surface area contributed by atoms with Gasteiger partial charge in [0, 0.05) is 29.4 Å². The molecule has 0 saturated heterocycles. The first-order valence-corrected chi connectivity index (χ1v) is 7.07. The van der Waals surface area contributed by atoms with E-state index in [1.54, 1.807) is 13.1 Å². The SMILES string of the molecule is Cc1cc([N+](=O)[O-])ccc1NC(=O)NC(C)c1nccs1. The number of nitro benzene ring substituents is 1. The molecular weight excluding hydrogens is 292 g/mol. The lowest BCUT2D eigenvalue weighted by Crippen LogP contribution is -2.31. The molecule has 1 heterocycles. The molecule has 0 spiro atoms. The monoisotopic (exact) mass is 306 g/mol. The van der Waals surface area contributed by atoms with E-state index in [9.17, 15) is 14.9 Å². The number of benzene rings is 1. The fourth-order valence-electron chi connectivity index (χ4n) is 1.77. The lowest BCUT2D eigenvalue weighted by Gasteiger charge is -2.13. The Kier molecular flexibility index (Phi) is 4.49. The zero-order chi connectivity index (χ0) is 15.4. The summed E-state index contributed by atoms with van der Waals surface area (Å²) in [6, 6.07) is 3.70. The molecule has 2 rings (SSSR count). The highest BCUT2D eigenvalue weighted by molar-refractivity contribution is 7.09. The number of non-ortho nitro benzene ring substituents is 1. The van der Waals surface area contributed by atoms with Crippen LogP contribution in [0.4, 0.5) is 16.2 Å². The van der Waals surface area contributed by atoms with Crippen LogP contribution in [-0.2, 0) is 0 Å². The minimum Gasteiger partial charge on any atom is -0.329 e. The highest BCUT2D eigenvalue weighted by atomic mass is 32.1. The number of urea groups is 1. The lowest BCUT2D eigenvalue weighted by molar-refractivity contribution is -0.384. The standard InChI is InChI=1S/C13H14N4O3S/c1-8-7-10(17(19)20)3-4-11(8)16-13(18)15-9(2)12-14-5-6-21-12/h3-7,9H,1-2H3,(H2,15,16,18). The first-order valence-electron chi connectivity index (χ1n) is 6.19. The molecule has 0 fully saturated rings. The molecule has 8 heteroatoms. The first kappa shape index (κ1) is 14.9. The Morgan fingerprint density at radius 1 is 1.48 bits per heavy atom. The molecule has 21 heavy (non-hydrogen) atoms. The van der Waals surface area contributed by atoms with Gasteiger partial charge in [0.2, 0.25) is 0 Å². The molecule has 1 aromatic heterocycles. The van der Waals surface area contributed by atoms with Gasteiger partial charge >= 0.3 is 6.03 Å². The van der Waals surface area contributed by atoms with Crippen molar-refractivity contribution >= 4 is 28.7 Å². The predicted molar refractivity (Wildman–Crippen MR) is 80.5 cm³/mol. The number of rotatable bonds is 4. The van der Waals surface area contributed by atoms with E-state index in [4.69, 9.17) is 0 Å². The average Bonchev–Trinajstić information content (AvgIpc) is 2.94. The molecule has 2 aromatic rings. The Balaban J connectivity index is 2.01. The molecule has 1 atom stereocenters. The third-order valence-corrected chi connectivity index (χ3v) is 3.80. The van der Waals surface area contributed by atoms with Crippen molar-refractivity contribution in [3.05, 3.63) is 50.5 Å². The summed E-state index contributed by atoms with van der Waals surface area (Å²) in [5.41, 5.74) is 1.15. The van der Waals surface area contributed by atoms with Crippen LogP contribution in [0.15, 0.2) is 29.8 Å². The average molecular weight is 306 g/mol. The molecule has 0 radical (unpaired) electrons. The van der Waals surface area contributed by atoms with Gasteiger partial charge in [0.25, 0.3) is 5.69 Å². The van der Waals surface area contributed by atoms with E-state index in [1.807, 2.05) is 12.3 Å². The highest BCUT2D eigenvalue weighted by Crippen LogP contribution is 2.21.